The molecular weight excluding hydrogens is 220 g/mol. The highest BCUT2D eigenvalue weighted by Gasteiger charge is 2.29. The van der Waals surface area contributed by atoms with Crippen LogP contribution in [0.2, 0.25) is 0 Å². The van der Waals surface area contributed by atoms with Gasteiger partial charge in [-0.25, -0.2) is 12.1 Å². The van der Waals surface area contributed by atoms with Crippen molar-refractivity contribution in [1.29, 1.82) is 0 Å². The molecule has 1 aromatic rings. The SMILES string of the molecule is CN(C)C([c-]1cccc1)C(C1C=CC=C1)N(C)C. The number of allylic oxidation sites excluding steroid dienone is 2. The topological polar surface area (TPSA) is 6.48 Å². The fourth-order valence-corrected chi connectivity index (χ4v) is 2.90. The van der Waals surface area contributed by atoms with E-state index in [1.807, 2.05) is 0 Å². The van der Waals surface area contributed by atoms with Gasteiger partial charge in [-0.15, -0.1) is 5.56 Å². The van der Waals surface area contributed by atoms with Gasteiger partial charge in [0, 0.05) is 18.0 Å². The summed E-state index contributed by atoms with van der Waals surface area (Å²) in [4.78, 5) is 4.66. The van der Waals surface area contributed by atoms with E-state index in [2.05, 4.69) is 86.6 Å². The summed E-state index contributed by atoms with van der Waals surface area (Å²) in [7, 11) is 8.67. The van der Waals surface area contributed by atoms with Gasteiger partial charge >= 0.3 is 0 Å². The van der Waals surface area contributed by atoms with Crippen LogP contribution in [0.15, 0.2) is 48.6 Å². The van der Waals surface area contributed by atoms with Gasteiger partial charge in [-0.2, -0.15) is 12.1 Å². The monoisotopic (exact) mass is 243 g/mol. The molecule has 1 aliphatic rings. The molecule has 0 aliphatic heterocycles. The van der Waals surface area contributed by atoms with E-state index in [4.69, 9.17) is 0 Å². The molecule has 0 heterocycles. The molecule has 2 nitrogen and oxygen atoms in total. The van der Waals surface area contributed by atoms with E-state index >= 15 is 0 Å². The second kappa shape index (κ2) is 5.59. The van der Waals surface area contributed by atoms with Crippen LogP contribution in [0.3, 0.4) is 0 Å². The second-order valence-corrected chi connectivity index (χ2v) is 5.43. The lowest BCUT2D eigenvalue weighted by atomic mass is 9.89. The summed E-state index contributed by atoms with van der Waals surface area (Å²) in [6, 6.07) is 9.56. The van der Waals surface area contributed by atoms with E-state index in [0.717, 1.165) is 0 Å². The fraction of sp³-hybridized carbons (Fsp3) is 0.438. The summed E-state index contributed by atoms with van der Waals surface area (Å²) < 4.78 is 0. The standard InChI is InChI=1S/C16H23N2/c1-17(2)15(13-9-5-6-10-13)16(18(3)4)14-11-7-8-12-14/h5-13,15-16H,1-4H3/q-1. The Morgan fingerprint density at radius 1 is 0.889 bits per heavy atom. The number of likely N-dealkylation sites (N-methyl/N-ethyl adjacent to an activating group) is 2. The molecule has 0 amide bonds. The van der Waals surface area contributed by atoms with E-state index in [0.29, 0.717) is 18.0 Å². The predicted octanol–water partition coefficient (Wildman–Crippen LogP) is 2.68. The van der Waals surface area contributed by atoms with Crippen molar-refractivity contribution >= 4 is 0 Å². The molecule has 0 radical (unpaired) electrons. The van der Waals surface area contributed by atoms with E-state index in [-0.39, 0.29) is 0 Å². The summed E-state index contributed by atoms with van der Waals surface area (Å²) >= 11 is 0. The average Bonchev–Trinajstić information content (AvgIpc) is 2.97. The molecule has 98 valence electrons. The van der Waals surface area contributed by atoms with Crippen molar-refractivity contribution in [1.82, 2.24) is 9.80 Å². The van der Waals surface area contributed by atoms with Gasteiger partial charge in [0.15, 0.2) is 0 Å². The lowest BCUT2D eigenvalue weighted by molar-refractivity contribution is 0.132. The Hall–Kier alpha value is -1.25. The molecule has 0 fully saturated rings. The number of nitrogens with zero attached hydrogens (tertiary/aromatic N) is 2. The molecule has 0 aromatic heterocycles. The molecule has 0 spiro atoms. The van der Waals surface area contributed by atoms with Gasteiger partial charge < -0.3 is 9.80 Å². The zero-order valence-corrected chi connectivity index (χ0v) is 11.7. The van der Waals surface area contributed by atoms with Gasteiger partial charge in [0.05, 0.1) is 0 Å². The Labute approximate surface area is 111 Å². The van der Waals surface area contributed by atoms with Crippen LogP contribution in [-0.2, 0) is 0 Å². The fourth-order valence-electron chi connectivity index (χ4n) is 2.90. The Bertz CT molecular complexity index is 400. The molecule has 2 unspecified atom stereocenters. The zero-order chi connectivity index (χ0) is 13.1. The minimum atomic E-state index is 0.410. The largest absolute Gasteiger partial charge is 0.312 e. The summed E-state index contributed by atoms with van der Waals surface area (Å²) in [6.07, 6.45) is 8.89. The normalized spacial score (nSPS) is 19.0. The van der Waals surface area contributed by atoms with Crippen LogP contribution >= 0.6 is 0 Å². The van der Waals surface area contributed by atoms with Gasteiger partial charge in [-0.3, -0.25) is 0 Å². The Morgan fingerprint density at radius 2 is 1.44 bits per heavy atom. The number of rotatable bonds is 5. The van der Waals surface area contributed by atoms with Crippen molar-refractivity contribution in [2.24, 2.45) is 5.92 Å². The first kappa shape index (κ1) is 13.2. The first-order chi connectivity index (χ1) is 8.61. The van der Waals surface area contributed by atoms with Crippen LogP contribution < -0.4 is 0 Å². The van der Waals surface area contributed by atoms with Crippen LogP contribution in [0.4, 0.5) is 0 Å². The molecule has 2 atom stereocenters. The van der Waals surface area contributed by atoms with Crippen LogP contribution in [0, 0.1) is 5.92 Å². The number of hydrogen-bond acceptors (Lipinski definition) is 2. The highest BCUT2D eigenvalue weighted by Crippen LogP contribution is 2.32. The summed E-state index contributed by atoms with van der Waals surface area (Å²) in [5, 5.41) is 0. The van der Waals surface area contributed by atoms with Gasteiger partial charge in [0.25, 0.3) is 0 Å². The highest BCUT2D eigenvalue weighted by molar-refractivity contribution is 5.27. The molecule has 18 heavy (non-hydrogen) atoms. The van der Waals surface area contributed by atoms with E-state index in [1.54, 1.807) is 0 Å². The van der Waals surface area contributed by atoms with Crippen molar-refractivity contribution in [3.05, 3.63) is 54.1 Å². The smallest absolute Gasteiger partial charge is 0.0277 e. The molecule has 1 aliphatic carbocycles. The third kappa shape index (κ3) is 2.60. The maximum absolute atomic E-state index is 2.34. The van der Waals surface area contributed by atoms with Crippen molar-refractivity contribution in [3.8, 4) is 0 Å². The average molecular weight is 243 g/mol. The van der Waals surface area contributed by atoms with E-state index < -0.39 is 0 Å². The minimum absolute atomic E-state index is 0.410. The van der Waals surface area contributed by atoms with Crippen LogP contribution in [0.25, 0.3) is 0 Å². The van der Waals surface area contributed by atoms with Gasteiger partial charge in [-0.05, 0) is 28.2 Å². The predicted molar refractivity (Wildman–Crippen MR) is 77.7 cm³/mol. The molecule has 0 bridgehead atoms. The minimum Gasteiger partial charge on any atom is -0.312 e. The summed E-state index contributed by atoms with van der Waals surface area (Å²) in [6.45, 7) is 0. The molecule has 0 N–H and O–H groups in total. The third-order valence-electron chi connectivity index (χ3n) is 3.68. The molecule has 0 saturated heterocycles. The lowest BCUT2D eigenvalue weighted by Gasteiger charge is -2.41. The Balaban J connectivity index is 2.31. The van der Waals surface area contributed by atoms with Crippen molar-refractivity contribution in [2.75, 3.05) is 28.2 Å². The van der Waals surface area contributed by atoms with Crippen molar-refractivity contribution < 1.29 is 0 Å². The van der Waals surface area contributed by atoms with Crippen LogP contribution in [0.5, 0.6) is 0 Å². The summed E-state index contributed by atoms with van der Waals surface area (Å²) in [5.41, 5.74) is 1.40. The molecule has 2 rings (SSSR count). The Morgan fingerprint density at radius 3 is 1.89 bits per heavy atom. The quantitative estimate of drug-likeness (QED) is 0.734. The first-order valence-electron chi connectivity index (χ1n) is 6.50. The number of hydrogen-bond donors (Lipinski definition) is 0. The maximum Gasteiger partial charge on any atom is 0.0277 e. The molecular formula is C16H23N2-. The molecule has 2 heteroatoms. The van der Waals surface area contributed by atoms with Crippen LogP contribution in [-0.4, -0.2) is 44.0 Å². The highest BCUT2D eigenvalue weighted by atomic mass is 15.2. The lowest BCUT2D eigenvalue weighted by Crippen LogP contribution is -2.44. The molecule has 0 saturated carbocycles. The molecule has 1 aromatic carbocycles. The summed E-state index contributed by atoms with van der Waals surface area (Å²) in [5.74, 6) is 0.488. The van der Waals surface area contributed by atoms with Gasteiger partial charge in [-0.1, -0.05) is 24.3 Å². The second-order valence-electron chi connectivity index (χ2n) is 5.43. The maximum atomic E-state index is 2.34. The van der Waals surface area contributed by atoms with E-state index in [9.17, 15) is 0 Å². The van der Waals surface area contributed by atoms with E-state index in [1.165, 1.54) is 5.56 Å². The van der Waals surface area contributed by atoms with Gasteiger partial charge in [0.1, 0.15) is 0 Å². The Kier molecular flexibility index (Phi) is 4.10. The van der Waals surface area contributed by atoms with Crippen LogP contribution in [0.1, 0.15) is 11.6 Å². The third-order valence-corrected chi connectivity index (χ3v) is 3.68. The van der Waals surface area contributed by atoms with Crippen molar-refractivity contribution in [3.63, 3.8) is 0 Å². The first-order valence-corrected chi connectivity index (χ1v) is 6.50. The van der Waals surface area contributed by atoms with Gasteiger partial charge in [0.2, 0.25) is 0 Å². The van der Waals surface area contributed by atoms with Crippen molar-refractivity contribution in [2.45, 2.75) is 12.1 Å². The zero-order valence-electron chi connectivity index (χ0n) is 11.7.